The van der Waals surface area contributed by atoms with Gasteiger partial charge in [0.1, 0.15) is 18.8 Å². The molecule has 1 fully saturated rings. The van der Waals surface area contributed by atoms with E-state index in [4.69, 9.17) is 4.74 Å². The van der Waals surface area contributed by atoms with E-state index in [0.29, 0.717) is 18.5 Å². The van der Waals surface area contributed by atoms with Crippen LogP contribution in [-0.4, -0.2) is 69.5 Å². The molecule has 0 aliphatic carbocycles. The Labute approximate surface area is 130 Å². The Balaban J connectivity index is 2.03. The standard InChI is InChI=1S/C15H25NO6/c1-9(2)15(20,10(3)17)14(19)22-8-11-4-6-16(21)7-5-12(18)13(11)16/h4,9-10,12-13,17-18,20H,5-8H2,1-3H3/t10-,12+,13-,15-,16-/m0/s1. The number of esters is 1. The van der Waals surface area contributed by atoms with Gasteiger partial charge in [0.15, 0.2) is 5.60 Å². The van der Waals surface area contributed by atoms with Gasteiger partial charge in [0.2, 0.25) is 0 Å². The van der Waals surface area contributed by atoms with Crippen molar-refractivity contribution in [2.75, 3.05) is 19.7 Å². The van der Waals surface area contributed by atoms with Crippen LogP contribution >= 0.6 is 0 Å². The summed E-state index contributed by atoms with van der Waals surface area (Å²) in [5, 5.41) is 42.4. The summed E-state index contributed by atoms with van der Waals surface area (Å²) in [5.74, 6) is -1.44. The van der Waals surface area contributed by atoms with Crippen molar-refractivity contribution in [3.05, 3.63) is 16.9 Å². The third-order valence-electron chi connectivity index (χ3n) is 4.93. The summed E-state index contributed by atoms with van der Waals surface area (Å²) in [6, 6.07) is -0.591. The minimum atomic E-state index is -1.99. The van der Waals surface area contributed by atoms with Gasteiger partial charge in [0.05, 0.1) is 19.2 Å². The fourth-order valence-corrected chi connectivity index (χ4v) is 3.41. The molecule has 7 heteroatoms. The molecule has 0 aromatic rings. The van der Waals surface area contributed by atoms with E-state index in [1.807, 2.05) is 0 Å². The summed E-state index contributed by atoms with van der Waals surface area (Å²) < 4.78 is 4.64. The van der Waals surface area contributed by atoms with Crippen molar-refractivity contribution in [3.8, 4) is 0 Å². The van der Waals surface area contributed by atoms with E-state index in [9.17, 15) is 25.3 Å². The first kappa shape index (κ1) is 17.4. The minimum Gasteiger partial charge on any atom is -0.632 e. The molecule has 1 saturated heterocycles. The molecular weight excluding hydrogens is 290 g/mol. The first-order chi connectivity index (χ1) is 10.1. The van der Waals surface area contributed by atoms with Gasteiger partial charge in [-0.2, -0.15) is 0 Å². The van der Waals surface area contributed by atoms with E-state index in [0.717, 1.165) is 0 Å². The van der Waals surface area contributed by atoms with Crippen molar-refractivity contribution in [1.29, 1.82) is 0 Å². The zero-order valence-corrected chi connectivity index (χ0v) is 13.2. The van der Waals surface area contributed by atoms with Crippen LogP contribution in [0.3, 0.4) is 0 Å². The van der Waals surface area contributed by atoms with Crippen molar-refractivity contribution < 1.29 is 29.5 Å². The number of hydroxylamine groups is 3. The lowest BCUT2D eigenvalue weighted by molar-refractivity contribution is -0.877. The largest absolute Gasteiger partial charge is 0.632 e. The van der Waals surface area contributed by atoms with Crippen LogP contribution < -0.4 is 0 Å². The topological polar surface area (TPSA) is 110 Å². The van der Waals surface area contributed by atoms with Gasteiger partial charge < -0.3 is 29.9 Å². The highest BCUT2D eigenvalue weighted by atomic mass is 16.6. The average molecular weight is 315 g/mol. The Morgan fingerprint density at radius 3 is 2.73 bits per heavy atom. The molecular formula is C15H25NO6. The van der Waals surface area contributed by atoms with Gasteiger partial charge in [-0.05, 0) is 18.9 Å². The predicted molar refractivity (Wildman–Crippen MR) is 78.3 cm³/mol. The second-order valence-electron chi connectivity index (χ2n) is 6.67. The molecule has 0 aromatic heterocycles. The van der Waals surface area contributed by atoms with Gasteiger partial charge in [-0.15, -0.1) is 0 Å². The molecule has 0 bridgehead atoms. The number of carbonyl (C=O) groups is 1. The maximum atomic E-state index is 12.4. The van der Waals surface area contributed by atoms with Crippen LogP contribution in [0.4, 0.5) is 0 Å². The van der Waals surface area contributed by atoms with Crippen molar-refractivity contribution in [1.82, 2.24) is 0 Å². The number of carbonyl (C=O) groups excluding carboxylic acids is 1. The van der Waals surface area contributed by atoms with Crippen LogP contribution in [0.15, 0.2) is 11.6 Å². The lowest BCUT2D eigenvalue weighted by atomic mass is 9.85. The molecule has 2 rings (SSSR count). The van der Waals surface area contributed by atoms with Crippen molar-refractivity contribution >= 4 is 5.97 Å². The smallest absolute Gasteiger partial charge is 0.341 e. The van der Waals surface area contributed by atoms with Gasteiger partial charge in [-0.1, -0.05) is 13.8 Å². The van der Waals surface area contributed by atoms with Crippen molar-refractivity contribution in [3.63, 3.8) is 0 Å². The predicted octanol–water partition coefficient (Wildman–Crippen LogP) is -0.315. The number of aliphatic hydroxyl groups excluding tert-OH is 2. The molecule has 0 spiro atoms. The van der Waals surface area contributed by atoms with Crippen LogP contribution in [0.2, 0.25) is 0 Å². The second kappa shape index (κ2) is 5.90. The summed E-state index contributed by atoms with van der Waals surface area (Å²) in [7, 11) is 0. The molecule has 7 nitrogen and oxygen atoms in total. The molecule has 0 radical (unpaired) electrons. The van der Waals surface area contributed by atoms with E-state index in [1.54, 1.807) is 19.9 Å². The van der Waals surface area contributed by atoms with Crippen molar-refractivity contribution in [2.24, 2.45) is 5.92 Å². The van der Waals surface area contributed by atoms with Gasteiger partial charge >= 0.3 is 5.97 Å². The first-order valence-corrected chi connectivity index (χ1v) is 7.65. The highest BCUT2D eigenvalue weighted by Crippen LogP contribution is 2.36. The molecule has 2 aliphatic rings. The number of hydrogen-bond donors (Lipinski definition) is 3. The van der Waals surface area contributed by atoms with Crippen molar-refractivity contribution in [2.45, 2.75) is 51.0 Å². The highest BCUT2D eigenvalue weighted by Gasteiger charge is 2.49. The molecule has 0 saturated carbocycles. The Kier molecular flexibility index (Phi) is 4.66. The van der Waals surface area contributed by atoms with Crippen LogP contribution in [0.25, 0.3) is 0 Å². The quantitative estimate of drug-likeness (QED) is 0.278. The van der Waals surface area contributed by atoms with E-state index >= 15 is 0 Å². The molecule has 0 aromatic carbocycles. The highest BCUT2D eigenvalue weighted by molar-refractivity contribution is 5.80. The first-order valence-electron chi connectivity index (χ1n) is 7.65. The fourth-order valence-electron chi connectivity index (χ4n) is 3.41. The van der Waals surface area contributed by atoms with Gasteiger partial charge in [-0.25, -0.2) is 4.79 Å². The summed E-state index contributed by atoms with van der Waals surface area (Å²) in [6.45, 7) is 5.02. The lowest BCUT2D eigenvalue weighted by Gasteiger charge is -2.40. The third kappa shape index (κ3) is 2.68. The summed E-state index contributed by atoms with van der Waals surface area (Å²) in [5.41, 5.74) is -1.40. The Morgan fingerprint density at radius 1 is 1.55 bits per heavy atom. The van der Waals surface area contributed by atoms with E-state index < -0.39 is 40.4 Å². The van der Waals surface area contributed by atoms with Crippen LogP contribution in [0, 0.1) is 11.1 Å². The summed E-state index contributed by atoms with van der Waals surface area (Å²) >= 11 is 0. The molecule has 22 heavy (non-hydrogen) atoms. The maximum absolute atomic E-state index is 12.4. The SMILES string of the molecule is CC(C)[C@@](O)(C(=O)OCC1=CC[N@+]2([O-])CC[C@@H](O)[C@H]12)[C@H](C)O. The van der Waals surface area contributed by atoms with Gasteiger partial charge in [0, 0.05) is 12.0 Å². The van der Waals surface area contributed by atoms with Crippen LogP contribution in [-0.2, 0) is 9.53 Å². The van der Waals surface area contributed by atoms with Gasteiger partial charge in [0.25, 0.3) is 0 Å². The monoisotopic (exact) mass is 315 g/mol. The van der Waals surface area contributed by atoms with Crippen LogP contribution in [0.1, 0.15) is 27.2 Å². The average Bonchev–Trinajstić information content (AvgIpc) is 2.92. The number of hydrogen-bond acceptors (Lipinski definition) is 6. The lowest BCUT2D eigenvalue weighted by Crippen LogP contribution is -2.53. The normalized spacial score (nSPS) is 35.0. The number of quaternary nitrogens is 1. The Morgan fingerprint density at radius 2 is 2.18 bits per heavy atom. The van der Waals surface area contributed by atoms with E-state index in [2.05, 4.69) is 0 Å². The van der Waals surface area contributed by atoms with E-state index in [-0.39, 0.29) is 13.2 Å². The molecule has 3 N–H and O–H groups in total. The zero-order valence-electron chi connectivity index (χ0n) is 13.2. The molecule has 0 amide bonds. The number of aliphatic hydroxyl groups is 3. The molecule has 126 valence electrons. The molecule has 5 atom stereocenters. The zero-order chi connectivity index (χ0) is 16.7. The number of fused-ring (bicyclic) bond motifs is 1. The third-order valence-corrected chi connectivity index (χ3v) is 4.93. The molecule has 0 unspecified atom stereocenters. The summed E-state index contributed by atoms with van der Waals surface area (Å²) in [4.78, 5) is 12.2. The summed E-state index contributed by atoms with van der Waals surface area (Å²) in [6.07, 6.45) is 0.127. The Hall–Kier alpha value is -0.990. The molecule has 2 aliphatic heterocycles. The van der Waals surface area contributed by atoms with Gasteiger partial charge in [-0.3, -0.25) is 0 Å². The molecule has 2 heterocycles. The fraction of sp³-hybridized carbons (Fsp3) is 0.800. The Bertz CT molecular complexity index is 467. The van der Waals surface area contributed by atoms with Crippen LogP contribution in [0.5, 0.6) is 0 Å². The number of ether oxygens (including phenoxy) is 1. The maximum Gasteiger partial charge on any atom is 0.341 e. The minimum absolute atomic E-state index is 0.148. The number of rotatable bonds is 5. The van der Waals surface area contributed by atoms with E-state index in [1.165, 1.54) is 6.92 Å². The second-order valence-corrected chi connectivity index (χ2v) is 6.67. The number of nitrogens with zero attached hydrogens (tertiary/aromatic N) is 1.